The topological polar surface area (TPSA) is 66.9 Å². The summed E-state index contributed by atoms with van der Waals surface area (Å²) >= 11 is 0. The minimum absolute atomic E-state index is 0.0287. The van der Waals surface area contributed by atoms with Gasteiger partial charge < -0.3 is 9.64 Å². The van der Waals surface area contributed by atoms with Gasteiger partial charge in [0.15, 0.2) is 0 Å². The number of carbonyl (C=O) groups is 1. The summed E-state index contributed by atoms with van der Waals surface area (Å²) in [5.74, 6) is 0.186. The number of hydrogen-bond acceptors (Lipinski definition) is 4. The van der Waals surface area contributed by atoms with Crippen LogP contribution in [-0.4, -0.2) is 61.2 Å². The van der Waals surface area contributed by atoms with Crippen LogP contribution < -0.4 is 0 Å². The van der Waals surface area contributed by atoms with E-state index in [-0.39, 0.29) is 24.2 Å². The molecular weight excluding hydrogens is 328 g/mol. The molecule has 1 atom stereocenters. The number of ether oxygens (including phenoxy) is 1. The van der Waals surface area contributed by atoms with Gasteiger partial charge in [-0.1, -0.05) is 13.3 Å². The van der Waals surface area contributed by atoms with E-state index in [0.717, 1.165) is 6.42 Å². The first kappa shape index (κ1) is 23.2. The average molecular weight is 365 g/mol. The normalized spacial score (nSPS) is 14.3. The maximum Gasteiger partial charge on any atom is 0.410 e. The SMILES string of the molecule is CCC(CN(C(=O)OC(C)C)C(C)C)CC(C)(C)N(C)S(C)(=O)=O. The molecule has 1 unspecified atom stereocenters. The Kier molecular flexibility index (Phi) is 8.73. The van der Waals surface area contributed by atoms with E-state index in [1.807, 2.05) is 41.5 Å². The first-order chi connectivity index (χ1) is 10.7. The van der Waals surface area contributed by atoms with Crippen LogP contribution in [0, 0.1) is 5.92 Å². The summed E-state index contributed by atoms with van der Waals surface area (Å²) in [6.07, 6.45) is 2.28. The minimum atomic E-state index is -3.26. The van der Waals surface area contributed by atoms with Crippen molar-refractivity contribution in [1.82, 2.24) is 9.21 Å². The Hall–Kier alpha value is -0.820. The van der Waals surface area contributed by atoms with Crippen molar-refractivity contribution in [1.29, 1.82) is 0 Å². The van der Waals surface area contributed by atoms with E-state index in [9.17, 15) is 13.2 Å². The van der Waals surface area contributed by atoms with Gasteiger partial charge in [-0.15, -0.1) is 0 Å². The van der Waals surface area contributed by atoms with Crippen molar-refractivity contribution in [3.63, 3.8) is 0 Å². The highest BCUT2D eigenvalue weighted by Gasteiger charge is 2.34. The number of nitrogens with zero attached hydrogens (tertiary/aromatic N) is 2. The molecule has 0 saturated heterocycles. The molecule has 0 saturated carbocycles. The van der Waals surface area contributed by atoms with Gasteiger partial charge in [0.25, 0.3) is 0 Å². The van der Waals surface area contributed by atoms with Crippen LogP contribution in [0.1, 0.15) is 61.3 Å². The molecule has 144 valence electrons. The summed E-state index contributed by atoms with van der Waals surface area (Å²) in [6, 6.07) is 0.0287. The average Bonchev–Trinajstić information content (AvgIpc) is 2.39. The highest BCUT2D eigenvalue weighted by Crippen LogP contribution is 2.27. The lowest BCUT2D eigenvalue weighted by Crippen LogP contribution is -2.48. The molecular formula is C17H36N2O4S. The number of hydrogen-bond donors (Lipinski definition) is 0. The number of rotatable bonds is 9. The number of amides is 1. The lowest BCUT2D eigenvalue weighted by atomic mass is 9.88. The molecule has 0 aromatic carbocycles. The molecule has 0 spiro atoms. The highest BCUT2D eigenvalue weighted by atomic mass is 32.2. The van der Waals surface area contributed by atoms with Crippen molar-refractivity contribution in [3.8, 4) is 0 Å². The fraction of sp³-hybridized carbons (Fsp3) is 0.941. The van der Waals surface area contributed by atoms with Gasteiger partial charge in [-0.25, -0.2) is 13.2 Å². The Morgan fingerprint density at radius 1 is 1.17 bits per heavy atom. The Labute approximate surface area is 148 Å². The monoisotopic (exact) mass is 364 g/mol. The van der Waals surface area contributed by atoms with Crippen LogP contribution in [0.15, 0.2) is 0 Å². The van der Waals surface area contributed by atoms with Gasteiger partial charge in [0.2, 0.25) is 10.0 Å². The molecule has 1 amide bonds. The summed E-state index contributed by atoms with van der Waals surface area (Å²) in [7, 11) is -1.66. The summed E-state index contributed by atoms with van der Waals surface area (Å²) in [5.41, 5.74) is -0.515. The standard InChI is InChI=1S/C17H36N2O4S/c1-10-15(11-17(6,7)18(8)24(9,21)22)12-19(13(2)3)16(20)23-14(4)5/h13-15H,10-12H2,1-9H3. The zero-order valence-corrected chi connectivity index (χ0v) is 17.6. The molecule has 0 aromatic heterocycles. The summed E-state index contributed by atoms with van der Waals surface area (Å²) in [6.45, 7) is 14.0. The summed E-state index contributed by atoms with van der Waals surface area (Å²) in [4.78, 5) is 14.0. The molecule has 7 heteroatoms. The Bertz CT molecular complexity index is 501. The van der Waals surface area contributed by atoms with Crippen molar-refractivity contribution in [2.45, 2.75) is 79.0 Å². The molecule has 0 rings (SSSR count). The van der Waals surface area contributed by atoms with Gasteiger partial charge in [-0.3, -0.25) is 0 Å². The van der Waals surface area contributed by atoms with Gasteiger partial charge in [-0.05, 0) is 53.9 Å². The van der Waals surface area contributed by atoms with Crippen LogP contribution in [0.4, 0.5) is 4.79 Å². The van der Waals surface area contributed by atoms with E-state index < -0.39 is 15.6 Å². The van der Waals surface area contributed by atoms with Crippen LogP contribution >= 0.6 is 0 Å². The second-order valence-corrected chi connectivity index (χ2v) is 9.71. The Morgan fingerprint density at radius 2 is 1.67 bits per heavy atom. The van der Waals surface area contributed by atoms with Gasteiger partial charge in [0.05, 0.1) is 12.4 Å². The van der Waals surface area contributed by atoms with E-state index in [2.05, 4.69) is 6.92 Å². The smallest absolute Gasteiger partial charge is 0.410 e. The molecule has 0 N–H and O–H groups in total. The molecule has 0 aromatic rings. The van der Waals surface area contributed by atoms with Crippen LogP contribution in [0.3, 0.4) is 0 Å². The molecule has 0 heterocycles. The third kappa shape index (κ3) is 7.38. The third-order valence-corrected chi connectivity index (χ3v) is 5.85. The second-order valence-electron chi connectivity index (χ2n) is 7.70. The Balaban J connectivity index is 5.15. The van der Waals surface area contributed by atoms with Crippen LogP contribution in [-0.2, 0) is 14.8 Å². The molecule has 0 aliphatic rings. The fourth-order valence-electron chi connectivity index (χ4n) is 2.67. The largest absolute Gasteiger partial charge is 0.447 e. The predicted molar refractivity (Wildman–Crippen MR) is 98.5 cm³/mol. The van der Waals surface area contributed by atoms with E-state index >= 15 is 0 Å². The first-order valence-corrected chi connectivity index (χ1v) is 10.5. The maximum absolute atomic E-state index is 12.3. The molecule has 0 bridgehead atoms. The lowest BCUT2D eigenvalue weighted by Gasteiger charge is -2.38. The van der Waals surface area contributed by atoms with Crippen LogP contribution in [0.25, 0.3) is 0 Å². The highest BCUT2D eigenvalue weighted by molar-refractivity contribution is 7.88. The van der Waals surface area contributed by atoms with Crippen molar-refractivity contribution < 1.29 is 17.9 Å². The van der Waals surface area contributed by atoms with Gasteiger partial charge in [-0.2, -0.15) is 4.31 Å². The quantitative estimate of drug-likeness (QED) is 0.629. The predicted octanol–water partition coefficient (Wildman–Crippen LogP) is 3.33. The van der Waals surface area contributed by atoms with Gasteiger partial charge in [0.1, 0.15) is 0 Å². The minimum Gasteiger partial charge on any atom is -0.447 e. The zero-order valence-electron chi connectivity index (χ0n) is 16.8. The molecule has 24 heavy (non-hydrogen) atoms. The Morgan fingerprint density at radius 3 is 2.00 bits per heavy atom. The van der Waals surface area contributed by atoms with Crippen LogP contribution in [0.2, 0.25) is 0 Å². The van der Waals surface area contributed by atoms with Gasteiger partial charge in [0, 0.05) is 25.2 Å². The van der Waals surface area contributed by atoms with E-state index in [1.165, 1.54) is 10.6 Å². The summed E-state index contributed by atoms with van der Waals surface area (Å²) in [5, 5.41) is 0. The molecule has 0 fully saturated rings. The number of carbonyl (C=O) groups excluding carboxylic acids is 1. The first-order valence-electron chi connectivity index (χ1n) is 8.63. The number of sulfonamides is 1. The second kappa shape index (κ2) is 9.04. The molecule has 0 radical (unpaired) electrons. The molecule has 6 nitrogen and oxygen atoms in total. The van der Waals surface area contributed by atoms with Crippen molar-refractivity contribution in [2.24, 2.45) is 5.92 Å². The lowest BCUT2D eigenvalue weighted by molar-refractivity contribution is 0.0577. The zero-order chi connectivity index (χ0) is 19.3. The molecule has 0 aliphatic carbocycles. The summed E-state index contributed by atoms with van der Waals surface area (Å²) < 4.78 is 30.4. The van der Waals surface area contributed by atoms with Crippen LogP contribution in [0.5, 0.6) is 0 Å². The van der Waals surface area contributed by atoms with E-state index in [4.69, 9.17) is 4.74 Å². The van der Waals surface area contributed by atoms with Crippen molar-refractivity contribution in [3.05, 3.63) is 0 Å². The van der Waals surface area contributed by atoms with E-state index in [1.54, 1.807) is 11.9 Å². The molecule has 0 aliphatic heterocycles. The third-order valence-electron chi connectivity index (χ3n) is 4.36. The van der Waals surface area contributed by atoms with Gasteiger partial charge >= 0.3 is 6.09 Å². The van der Waals surface area contributed by atoms with Crippen molar-refractivity contribution >= 4 is 16.1 Å². The van der Waals surface area contributed by atoms with E-state index in [0.29, 0.717) is 13.0 Å². The van der Waals surface area contributed by atoms with Crippen molar-refractivity contribution in [2.75, 3.05) is 19.8 Å². The maximum atomic E-state index is 12.3. The fourth-order valence-corrected chi connectivity index (χ4v) is 3.64.